The molecule has 0 bridgehead atoms. The molecular weight excluding hydrogens is 439 g/mol. The zero-order chi connectivity index (χ0) is 24.1. The normalized spacial score (nSPS) is 11.6. The summed E-state index contributed by atoms with van der Waals surface area (Å²) in [4.78, 5) is 20.5. The van der Waals surface area contributed by atoms with Crippen molar-refractivity contribution >= 4 is 34.5 Å². The summed E-state index contributed by atoms with van der Waals surface area (Å²) in [5.74, 6) is 4.84. The van der Waals surface area contributed by atoms with Crippen LogP contribution < -0.4 is 10.6 Å². The lowest BCUT2D eigenvalue weighted by Crippen LogP contribution is -2.08. The van der Waals surface area contributed by atoms with Crippen molar-refractivity contribution in [2.75, 3.05) is 7.11 Å². The highest BCUT2D eigenvalue weighted by atomic mass is 19.1. The number of hydrazone groups is 1. The van der Waals surface area contributed by atoms with Gasteiger partial charge in [-0.3, -0.25) is 4.99 Å². The molecule has 0 radical (unpaired) electrons. The predicted molar refractivity (Wildman–Crippen MR) is 127 cm³/mol. The van der Waals surface area contributed by atoms with Crippen molar-refractivity contribution in [3.05, 3.63) is 89.9 Å². The van der Waals surface area contributed by atoms with Crippen molar-refractivity contribution < 1.29 is 23.8 Å². The average molecular weight is 458 g/mol. The highest BCUT2D eigenvalue weighted by molar-refractivity contribution is 6.38. The molecule has 9 heteroatoms. The molecule has 1 aromatic heterocycles. The average Bonchev–Trinajstić information content (AvgIpc) is 2.86. The number of aromatic nitrogens is 1. The zero-order valence-electron chi connectivity index (χ0n) is 18.0. The number of carbonyl (C=O) groups is 1. The fourth-order valence-electron chi connectivity index (χ4n) is 3.17. The number of aliphatic imine (C=N–C) groups is 1. The number of aromatic hydroxyl groups is 1. The second kappa shape index (κ2) is 9.78. The van der Waals surface area contributed by atoms with E-state index in [4.69, 9.17) is 15.3 Å². The third-order valence-corrected chi connectivity index (χ3v) is 4.84. The van der Waals surface area contributed by atoms with Crippen molar-refractivity contribution in [1.29, 1.82) is 0 Å². The SMILES string of the molecule is COC(=O)c1cccc(Oc2cccc3nc(C(C=Nc4ccc(O)c(F)c4)=NN)ccc23)c1. The van der Waals surface area contributed by atoms with Crippen LogP contribution in [0, 0.1) is 5.82 Å². The Morgan fingerprint density at radius 3 is 2.68 bits per heavy atom. The van der Waals surface area contributed by atoms with Gasteiger partial charge in [-0.25, -0.2) is 14.2 Å². The van der Waals surface area contributed by atoms with Crippen LogP contribution in [0.25, 0.3) is 10.9 Å². The molecule has 1 heterocycles. The Hall–Kier alpha value is -4.79. The van der Waals surface area contributed by atoms with Gasteiger partial charge in [0.15, 0.2) is 11.6 Å². The molecule has 3 N–H and O–H groups in total. The van der Waals surface area contributed by atoms with Crippen LogP contribution in [0.1, 0.15) is 16.1 Å². The first-order chi connectivity index (χ1) is 16.5. The molecule has 0 fully saturated rings. The molecule has 4 aromatic rings. The number of hydrogen-bond donors (Lipinski definition) is 2. The Morgan fingerprint density at radius 1 is 1.09 bits per heavy atom. The Morgan fingerprint density at radius 2 is 1.91 bits per heavy atom. The molecule has 0 atom stereocenters. The molecule has 0 saturated carbocycles. The molecule has 0 aliphatic heterocycles. The minimum Gasteiger partial charge on any atom is -0.505 e. The summed E-state index contributed by atoms with van der Waals surface area (Å²) < 4.78 is 24.3. The van der Waals surface area contributed by atoms with Crippen LogP contribution in [0.3, 0.4) is 0 Å². The Labute approximate surface area is 193 Å². The van der Waals surface area contributed by atoms with E-state index in [2.05, 4.69) is 15.1 Å². The number of phenolic OH excluding ortho intramolecular Hbond substituents is 1. The van der Waals surface area contributed by atoms with Crippen LogP contribution in [-0.4, -0.2) is 35.1 Å². The molecule has 0 unspecified atom stereocenters. The molecule has 34 heavy (non-hydrogen) atoms. The zero-order valence-corrected chi connectivity index (χ0v) is 18.0. The maximum Gasteiger partial charge on any atom is 0.337 e. The Balaban J connectivity index is 1.62. The summed E-state index contributed by atoms with van der Waals surface area (Å²) in [6, 6.07) is 19.3. The number of nitrogens with zero attached hydrogens (tertiary/aromatic N) is 3. The topological polar surface area (TPSA) is 119 Å². The van der Waals surface area contributed by atoms with Crippen LogP contribution in [0.5, 0.6) is 17.2 Å². The number of ether oxygens (including phenoxy) is 2. The van der Waals surface area contributed by atoms with Gasteiger partial charge in [0.2, 0.25) is 0 Å². The van der Waals surface area contributed by atoms with E-state index < -0.39 is 17.5 Å². The maximum atomic E-state index is 13.5. The number of pyridine rings is 1. The number of halogens is 1. The first-order valence-electron chi connectivity index (χ1n) is 10.1. The number of fused-ring (bicyclic) bond motifs is 1. The van der Waals surface area contributed by atoms with Gasteiger partial charge in [0.25, 0.3) is 0 Å². The summed E-state index contributed by atoms with van der Waals surface area (Å²) in [7, 11) is 1.32. The lowest BCUT2D eigenvalue weighted by molar-refractivity contribution is 0.0600. The fourth-order valence-corrected chi connectivity index (χ4v) is 3.17. The van der Waals surface area contributed by atoms with Crippen molar-refractivity contribution in [3.8, 4) is 17.2 Å². The van der Waals surface area contributed by atoms with E-state index in [1.54, 1.807) is 54.6 Å². The monoisotopic (exact) mass is 458 g/mol. The van der Waals surface area contributed by atoms with Gasteiger partial charge in [0.05, 0.1) is 35.8 Å². The van der Waals surface area contributed by atoms with E-state index in [-0.39, 0.29) is 11.4 Å². The van der Waals surface area contributed by atoms with Gasteiger partial charge < -0.3 is 20.4 Å². The Bertz CT molecular complexity index is 1440. The van der Waals surface area contributed by atoms with Gasteiger partial charge in [-0.05, 0) is 54.6 Å². The number of phenols is 1. The van der Waals surface area contributed by atoms with Crippen LogP contribution in [0.2, 0.25) is 0 Å². The summed E-state index contributed by atoms with van der Waals surface area (Å²) in [6.07, 6.45) is 1.36. The molecule has 0 saturated heterocycles. The molecular formula is C25H19FN4O4. The molecule has 4 rings (SSSR count). The summed E-state index contributed by atoms with van der Waals surface area (Å²) >= 11 is 0. The third-order valence-electron chi connectivity index (χ3n) is 4.84. The highest BCUT2D eigenvalue weighted by Crippen LogP contribution is 2.30. The summed E-state index contributed by atoms with van der Waals surface area (Å²) in [5, 5.41) is 13.8. The number of nitrogens with two attached hydrogens (primary N) is 1. The van der Waals surface area contributed by atoms with Gasteiger partial charge in [-0.1, -0.05) is 12.1 Å². The van der Waals surface area contributed by atoms with E-state index in [0.29, 0.717) is 28.3 Å². The van der Waals surface area contributed by atoms with E-state index in [1.807, 2.05) is 0 Å². The lowest BCUT2D eigenvalue weighted by atomic mass is 10.1. The minimum absolute atomic E-state index is 0.271. The number of methoxy groups -OCH3 is 1. The van der Waals surface area contributed by atoms with Crippen LogP contribution in [-0.2, 0) is 4.74 Å². The highest BCUT2D eigenvalue weighted by Gasteiger charge is 2.11. The van der Waals surface area contributed by atoms with E-state index >= 15 is 0 Å². The standard InChI is InChI=1S/C25H19FN4O4/c1-33-25(32)15-4-2-5-17(12-15)34-24-7-3-6-20-18(24)9-10-21(29-20)22(30-27)14-28-16-8-11-23(31)19(26)13-16/h2-14,31H,27H2,1H3. The molecule has 0 aliphatic rings. The predicted octanol–water partition coefficient (Wildman–Crippen LogP) is 4.72. The number of rotatable bonds is 6. The van der Waals surface area contributed by atoms with E-state index in [0.717, 1.165) is 11.5 Å². The second-order valence-electron chi connectivity index (χ2n) is 7.05. The summed E-state index contributed by atoms with van der Waals surface area (Å²) in [5.41, 5.74) is 1.99. The van der Waals surface area contributed by atoms with E-state index in [9.17, 15) is 14.3 Å². The lowest BCUT2D eigenvalue weighted by Gasteiger charge is -2.10. The van der Waals surface area contributed by atoms with E-state index in [1.165, 1.54) is 25.5 Å². The number of esters is 1. The van der Waals surface area contributed by atoms with Crippen LogP contribution >= 0.6 is 0 Å². The molecule has 0 amide bonds. The molecule has 0 aliphatic carbocycles. The van der Waals surface area contributed by atoms with Gasteiger partial charge in [0.1, 0.15) is 17.2 Å². The largest absolute Gasteiger partial charge is 0.505 e. The van der Waals surface area contributed by atoms with Crippen LogP contribution in [0.15, 0.2) is 82.9 Å². The molecule has 8 nitrogen and oxygen atoms in total. The fraction of sp³-hybridized carbons (Fsp3) is 0.0400. The van der Waals surface area contributed by atoms with Gasteiger partial charge in [0, 0.05) is 11.5 Å². The van der Waals surface area contributed by atoms with Crippen LogP contribution in [0.4, 0.5) is 10.1 Å². The Kier molecular flexibility index (Phi) is 6.45. The first kappa shape index (κ1) is 22.4. The van der Waals surface area contributed by atoms with Gasteiger partial charge >= 0.3 is 5.97 Å². The van der Waals surface area contributed by atoms with Gasteiger partial charge in [-0.2, -0.15) is 5.10 Å². The minimum atomic E-state index is -0.783. The first-order valence-corrected chi connectivity index (χ1v) is 10.1. The summed E-state index contributed by atoms with van der Waals surface area (Å²) in [6.45, 7) is 0. The molecule has 3 aromatic carbocycles. The maximum absolute atomic E-state index is 13.5. The smallest absolute Gasteiger partial charge is 0.337 e. The quantitative estimate of drug-likeness (QED) is 0.187. The van der Waals surface area contributed by atoms with Crippen molar-refractivity contribution in [1.82, 2.24) is 4.98 Å². The van der Waals surface area contributed by atoms with Crippen molar-refractivity contribution in [3.63, 3.8) is 0 Å². The second-order valence-corrected chi connectivity index (χ2v) is 7.05. The van der Waals surface area contributed by atoms with Crippen molar-refractivity contribution in [2.24, 2.45) is 15.9 Å². The third kappa shape index (κ3) is 4.83. The molecule has 0 spiro atoms. The number of benzene rings is 3. The van der Waals surface area contributed by atoms with Crippen molar-refractivity contribution in [2.45, 2.75) is 0 Å². The number of hydrogen-bond acceptors (Lipinski definition) is 8. The van der Waals surface area contributed by atoms with Gasteiger partial charge in [-0.15, -0.1) is 0 Å². The number of carbonyl (C=O) groups excluding carboxylic acids is 1. The molecule has 170 valence electrons.